The van der Waals surface area contributed by atoms with E-state index in [1.807, 2.05) is 0 Å². The molecule has 0 saturated heterocycles. The molecule has 13 heavy (non-hydrogen) atoms. The minimum Gasteiger partial charge on any atom is -0.368 e. The Bertz CT molecular complexity index is 305. The van der Waals surface area contributed by atoms with Crippen molar-refractivity contribution < 1.29 is 9.59 Å². The molecular weight excluding hydrogens is 170 g/mol. The number of hydrogen-bond acceptors (Lipinski definition) is 2. The molecule has 5 heteroatoms. The summed E-state index contributed by atoms with van der Waals surface area (Å²) in [6, 6.07) is 0.964. The van der Waals surface area contributed by atoms with E-state index in [1.165, 1.54) is 6.92 Å². The van der Waals surface area contributed by atoms with Gasteiger partial charge in [-0.2, -0.15) is 0 Å². The van der Waals surface area contributed by atoms with Crippen molar-refractivity contribution in [2.24, 2.45) is 5.73 Å². The third-order valence-electron chi connectivity index (χ3n) is 1.63. The number of amides is 2. The van der Waals surface area contributed by atoms with Crippen LogP contribution < -0.4 is 11.1 Å². The van der Waals surface area contributed by atoms with E-state index in [1.54, 1.807) is 18.5 Å². The van der Waals surface area contributed by atoms with Crippen LogP contribution in [0.2, 0.25) is 0 Å². The van der Waals surface area contributed by atoms with Crippen molar-refractivity contribution >= 4 is 11.8 Å². The Hall–Kier alpha value is -1.78. The molecule has 0 spiro atoms. The van der Waals surface area contributed by atoms with Gasteiger partial charge in [0.15, 0.2) is 0 Å². The Kier molecular flexibility index (Phi) is 2.69. The minimum absolute atomic E-state index is 0.312. The molecule has 0 aliphatic rings. The monoisotopic (exact) mass is 181 g/mol. The topological polar surface area (TPSA) is 88.0 Å². The van der Waals surface area contributed by atoms with Crippen molar-refractivity contribution in [2.75, 3.05) is 0 Å². The van der Waals surface area contributed by atoms with Crippen LogP contribution in [0.3, 0.4) is 0 Å². The van der Waals surface area contributed by atoms with Gasteiger partial charge in [-0.3, -0.25) is 9.59 Å². The first-order valence-corrected chi connectivity index (χ1v) is 3.84. The van der Waals surface area contributed by atoms with E-state index in [2.05, 4.69) is 10.3 Å². The number of aromatic amines is 1. The summed E-state index contributed by atoms with van der Waals surface area (Å²) in [5.74, 6) is -0.864. The predicted molar refractivity (Wildman–Crippen MR) is 46.9 cm³/mol. The molecule has 1 unspecified atom stereocenters. The molecule has 1 heterocycles. The first kappa shape index (κ1) is 9.31. The molecule has 0 bridgehead atoms. The molecule has 1 aromatic rings. The van der Waals surface area contributed by atoms with Gasteiger partial charge in [0.05, 0.1) is 5.56 Å². The molecule has 0 aliphatic carbocycles. The first-order chi connectivity index (χ1) is 6.11. The average Bonchev–Trinajstić information content (AvgIpc) is 2.55. The largest absolute Gasteiger partial charge is 0.368 e. The maximum atomic E-state index is 11.3. The molecule has 1 aromatic heterocycles. The van der Waals surface area contributed by atoms with Gasteiger partial charge in [-0.1, -0.05) is 0 Å². The fourth-order valence-electron chi connectivity index (χ4n) is 0.816. The van der Waals surface area contributed by atoms with E-state index in [0.29, 0.717) is 5.56 Å². The zero-order chi connectivity index (χ0) is 9.84. The first-order valence-electron chi connectivity index (χ1n) is 3.84. The molecule has 1 rings (SSSR count). The molecule has 1 atom stereocenters. The third kappa shape index (κ3) is 2.33. The maximum absolute atomic E-state index is 11.3. The number of H-pyrrole nitrogens is 1. The standard InChI is InChI=1S/C8H11N3O2/c1-5(7(9)12)11-8(13)6-2-3-10-4-6/h2-5,10H,1H3,(H2,9,12)(H,11,13). The highest BCUT2D eigenvalue weighted by atomic mass is 16.2. The minimum atomic E-state index is -0.651. The Morgan fingerprint density at radius 1 is 1.62 bits per heavy atom. The molecule has 0 aliphatic heterocycles. The van der Waals surface area contributed by atoms with Crippen LogP contribution in [0.4, 0.5) is 0 Å². The molecule has 70 valence electrons. The van der Waals surface area contributed by atoms with Crippen molar-refractivity contribution in [1.29, 1.82) is 0 Å². The van der Waals surface area contributed by atoms with E-state index >= 15 is 0 Å². The maximum Gasteiger partial charge on any atom is 0.253 e. The smallest absolute Gasteiger partial charge is 0.253 e. The van der Waals surface area contributed by atoms with Gasteiger partial charge >= 0.3 is 0 Å². The zero-order valence-electron chi connectivity index (χ0n) is 7.20. The molecule has 4 N–H and O–H groups in total. The van der Waals surface area contributed by atoms with Crippen molar-refractivity contribution in [2.45, 2.75) is 13.0 Å². The third-order valence-corrected chi connectivity index (χ3v) is 1.63. The average molecular weight is 181 g/mol. The van der Waals surface area contributed by atoms with Crippen molar-refractivity contribution in [3.63, 3.8) is 0 Å². The summed E-state index contributed by atoms with van der Waals surface area (Å²) in [6.07, 6.45) is 3.17. The molecule has 2 amide bonds. The van der Waals surface area contributed by atoms with Crippen molar-refractivity contribution in [1.82, 2.24) is 10.3 Å². The lowest BCUT2D eigenvalue weighted by molar-refractivity contribution is -0.119. The second-order valence-corrected chi connectivity index (χ2v) is 2.70. The van der Waals surface area contributed by atoms with Crippen LogP contribution in [0.5, 0.6) is 0 Å². The van der Waals surface area contributed by atoms with Gasteiger partial charge in [-0.15, -0.1) is 0 Å². The molecule has 0 aromatic carbocycles. The fourth-order valence-corrected chi connectivity index (χ4v) is 0.816. The second kappa shape index (κ2) is 3.75. The van der Waals surface area contributed by atoms with Gasteiger partial charge < -0.3 is 16.0 Å². The SMILES string of the molecule is CC(NC(=O)c1cc[nH]c1)C(N)=O. The van der Waals surface area contributed by atoms with E-state index in [9.17, 15) is 9.59 Å². The zero-order valence-corrected chi connectivity index (χ0v) is 7.20. The number of carbonyl (C=O) groups excluding carboxylic acids is 2. The van der Waals surface area contributed by atoms with Crippen LogP contribution in [0, 0.1) is 0 Å². The molecule has 5 nitrogen and oxygen atoms in total. The van der Waals surface area contributed by atoms with Crippen molar-refractivity contribution in [3.05, 3.63) is 24.0 Å². The molecule has 0 radical (unpaired) electrons. The number of nitrogens with two attached hydrogens (primary N) is 1. The van der Waals surface area contributed by atoms with E-state index in [0.717, 1.165) is 0 Å². The fraction of sp³-hybridized carbons (Fsp3) is 0.250. The van der Waals surface area contributed by atoms with Crippen LogP contribution in [0.25, 0.3) is 0 Å². The Labute approximate surface area is 75.3 Å². The summed E-state index contributed by atoms with van der Waals surface area (Å²) in [7, 11) is 0. The lowest BCUT2D eigenvalue weighted by atomic mass is 10.2. The van der Waals surface area contributed by atoms with Crippen LogP contribution in [-0.4, -0.2) is 22.8 Å². The second-order valence-electron chi connectivity index (χ2n) is 2.70. The van der Waals surface area contributed by atoms with Crippen LogP contribution in [-0.2, 0) is 4.79 Å². The normalized spacial score (nSPS) is 12.1. The number of nitrogens with one attached hydrogen (secondary N) is 2. The lowest BCUT2D eigenvalue weighted by Crippen LogP contribution is -2.42. The highest BCUT2D eigenvalue weighted by Crippen LogP contribution is 1.96. The number of primary amides is 1. The van der Waals surface area contributed by atoms with E-state index in [-0.39, 0.29) is 5.91 Å². The number of aromatic nitrogens is 1. The van der Waals surface area contributed by atoms with E-state index < -0.39 is 11.9 Å². The molecule has 0 fully saturated rings. The summed E-state index contributed by atoms with van der Waals surface area (Å²) in [4.78, 5) is 24.6. The van der Waals surface area contributed by atoms with Gasteiger partial charge in [-0.25, -0.2) is 0 Å². The van der Waals surface area contributed by atoms with Crippen molar-refractivity contribution in [3.8, 4) is 0 Å². The van der Waals surface area contributed by atoms with Gasteiger partial charge in [0, 0.05) is 12.4 Å². The number of carbonyl (C=O) groups is 2. The molecule has 0 saturated carbocycles. The lowest BCUT2D eigenvalue weighted by Gasteiger charge is -2.08. The Morgan fingerprint density at radius 3 is 2.77 bits per heavy atom. The van der Waals surface area contributed by atoms with Gasteiger partial charge in [-0.05, 0) is 13.0 Å². The predicted octanol–water partition coefficient (Wildman–Crippen LogP) is -0.382. The highest BCUT2D eigenvalue weighted by Gasteiger charge is 2.13. The number of rotatable bonds is 3. The quantitative estimate of drug-likeness (QED) is 0.593. The van der Waals surface area contributed by atoms with Crippen LogP contribution in [0.15, 0.2) is 18.5 Å². The summed E-state index contributed by atoms with van der Waals surface area (Å²) in [6.45, 7) is 1.53. The highest BCUT2D eigenvalue weighted by molar-refractivity contribution is 5.96. The van der Waals surface area contributed by atoms with Gasteiger partial charge in [0.25, 0.3) is 5.91 Å². The van der Waals surface area contributed by atoms with Crippen LogP contribution in [0.1, 0.15) is 17.3 Å². The van der Waals surface area contributed by atoms with E-state index in [4.69, 9.17) is 5.73 Å². The van der Waals surface area contributed by atoms with Gasteiger partial charge in [0.2, 0.25) is 5.91 Å². The number of hydrogen-bond donors (Lipinski definition) is 3. The summed E-state index contributed by atoms with van der Waals surface area (Å²) < 4.78 is 0. The Morgan fingerprint density at radius 2 is 2.31 bits per heavy atom. The summed E-state index contributed by atoms with van der Waals surface area (Å²) in [5, 5.41) is 2.45. The summed E-state index contributed by atoms with van der Waals surface area (Å²) >= 11 is 0. The molecular formula is C8H11N3O2. The Balaban J connectivity index is 2.56. The van der Waals surface area contributed by atoms with Gasteiger partial charge in [0.1, 0.15) is 6.04 Å². The van der Waals surface area contributed by atoms with Crippen LogP contribution >= 0.6 is 0 Å². The summed E-state index contributed by atoms with van der Waals surface area (Å²) in [5.41, 5.74) is 5.46.